The van der Waals surface area contributed by atoms with E-state index in [-0.39, 0.29) is 0 Å². The first kappa shape index (κ1) is 14.0. The Morgan fingerprint density at radius 3 is 2.76 bits per heavy atom. The standard InChI is InChI=1S/C15H16BrN5/c1-3-10-13(16)15(17-4-2)20-14(19-10)11-9-21-8-6-5-7-12(21)18-11/h5-9H,3-4H2,1-2H3,(H,17,19,20). The Kier molecular flexibility index (Phi) is 3.88. The van der Waals surface area contributed by atoms with Gasteiger partial charge in [-0.1, -0.05) is 13.0 Å². The quantitative estimate of drug-likeness (QED) is 0.785. The van der Waals surface area contributed by atoms with Gasteiger partial charge in [0.25, 0.3) is 0 Å². The smallest absolute Gasteiger partial charge is 0.182 e. The summed E-state index contributed by atoms with van der Waals surface area (Å²) in [5.74, 6) is 1.46. The van der Waals surface area contributed by atoms with E-state index in [1.54, 1.807) is 0 Å². The molecule has 0 saturated carbocycles. The number of aromatic nitrogens is 4. The van der Waals surface area contributed by atoms with Crippen LogP contribution >= 0.6 is 15.9 Å². The van der Waals surface area contributed by atoms with Gasteiger partial charge in [-0.15, -0.1) is 0 Å². The van der Waals surface area contributed by atoms with Gasteiger partial charge in [0.1, 0.15) is 17.2 Å². The van der Waals surface area contributed by atoms with Crippen molar-refractivity contribution in [1.29, 1.82) is 0 Å². The first-order valence-electron chi connectivity index (χ1n) is 6.97. The molecule has 3 aromatic heterocycles. The van der Waals surface area contributed by atoms with E-state index in [1.165, 1.54) is 0 Å². The Labute approximate surface area is 131 Å². The molecule has 108 valence electrons. The second-order valence-electron chi connectivity index (χ2n) is 4.63. The Morgan fingerprint density at radius 2 is 2.05 bits per heavy atom. The fraction of sp³-hybridized carbons (Fsp3) is 0.267. The number of rotatable bonds is 4. The van der Waals surface area contributed by atoms with Gasteiger partial charge in [0.2, 0.25) is 0 Å². The van der Waals surface area contributed by atoms with Crippen molar-refractivity contribution in [2.24, 2.45) is 0 Å². The molecule has 1 N–H and O–H groups in total. The van der Waals surface area contributed by atoms with Gasteiger partial charge in [-0.2, -0.15) is 0 Å². The molecule has 0 aliphatic rings. The Hall–Kier alpha value is -1.95. The van der Waals surface area contributed by atoms with Gasteiger partial charge in [-0.05, 0) is 41.4 Å². The second kappa shape index (κ2) is 5.81. The first-order chi connectivity index (χ1) is 10.2. The van der Waals surface area contributed by atoms with Crippen LogP contribution in [-0.2, 0) is 6.42 Å². The zero-order chi connectivity index (χ0) is 14.8. The number of fused-ring (bicyclic) bond motifs is 1. The maximum absolute atomic E-state index is 4.63. The first-order valence-corrected chi connectivity index (χ1v) is 7.76. The number of imidazole rings is 1. The molecule has 3 rings (SSSR count). The number of anilines is 1. The molecule has 0 amide bonds. The minimum Gasteiger partial charge on any atom is -0.369 e. The third-order valence-corrected chi connectivity index (χ3v) is 4.03. The van der Waals surface area contributed by atoms with E-state index < -0.39 is 0 Å². The van der Waals surface area contributed by atoms with Gasteiger partial charge in [0.05, 0.1) is 10.2 Å². The maximum atomic E-state index is 4.63. The second-order valence-corrected chi connectivity index (χ2v) is 5.43. The third kappa shape index (κ3) is 2.63. The van der Waals surface area contributed by atoms with Gasteiger partial charge >= 0.3 is 0 Å². The van der Waals surface area contributed by atoms with Crippen LogP contribution in [0.5, 0.6) is 0 Å². The molecule has 0 atom stereocenters. The molecule has 0 spiro atoms. The van der Waals surface area contributed by atoms with Crippen molar-refractivity contribution in [3.05, 3.63) is 40.8 Å². The van der Waals surface area contributed by atoms with Gasteiger partial charge < -0.3 is 9.72 Å². The molecular weight excluding hydrogens is 330 g/mol. The Balaban J connectivity index is 2.14. The Morgan fingerprint density at radius 1 is 1.19 bits per heavy atom. The molecule has 5 nitrogen and oxygen atoms in total. The average molecular weight is 346 g/mol. The van der Waals surface area contributed by atoms with Gasteiger partial charge in [-0.3, -0.25) is 0 Å². The van der Waals surface area contributed by atoms with Crippen molar-refractivity contribution in [1.82, 2.24) is 19.4 Å². The summed E-state index contributed by atoms with van der Waals surface area (Å²) in [5, 5.41) is 3.26. The summed E-state index contributed by atoms with van der Waals surface area (Å²) in [4.78, 5) is 13.8. The van der Waals surface area contributed by atoms with E-state index in [1.807, 2.05) is 41.9 Å². The lowest BCUT2D eigenvalue weighted by Crippen LogP contribution is -2.05. The normalized spacial score (nSPS) is 11.0. The molecule has 3 aromatic rings. The zero-order valence-corrected chi connectivity index (χ0v) is 13.6. The molecule has 0 aliphatic heterocycles. The Bertz CT molecular complexity index is 748. The molecule has 0 radical (unpaired) electrons. The summed E-state index contributed by atoms with van der Waals surface area (Å²) >= 11 is 3.57. The van der Waals surface area contributed by atoms with E-state index in [0.29, 0.717) is 5.82 Å². The van der Waals surface area contributed by atoms with Crippen molar-refractivity contribution in [3.63, 3.8) is 0 Å². The predicted octanol–water partition coefficient (Wildman–Crippen LogP) is 3.55. The number of aryl methyl sites for hydroxylation is 1. The molecule has 21 heavy (non-hydrogen) atoms. The minimum absolute atomic E-state index is 0.648. The van der Waals surface area contributed by atoms with Crippen LogP contribution in [-0.4, -0.2) is 25.9 Å². The molecule has 0 bridgehead atoms. The van der Waals surface area contributed by atoms with Gasteiger partial charge in [0.15, 0.2) is 5.82 Å². The van der Waals surface area contributed by atoms with E-state index in [9.17, 15) is 0 Å². The maximum Gasteiger partial charge on any atom is 0.182 e. The van der Waals surface area contributed by atoms with E-state index in [4.69, 9.17) is 0 Å². The molecular formula is C15H16BrN5. The molecule has 0 aromatic carbocycles. The molecule has 3 heterocycles. The lowest BCUT2D eigenvalue weighted by atomic mass is 10.3. The zero-order valence-electron chi connectivity index (χ0n) is 12.0. The molecule has 6 heteroatoms. The molecule has 0 unspecified atom stereocenters. The lowest BCUT2D eigenvalue weighted by Gasteiger charge is -2.10. The highest BCUT2D eigenvalue weighted by Gasteiger charge is 2.14. The highest BCUT2D eigenvalue weighted by atomic mass is 79.9. The number of nitrogens with one attached hydrogen (secondary N) is 1. The minimum atomic E-state index is 0.648. The van der Waals surface area contributed by atoms with Gasteiger partial charge in [0, 0.05) is 18.9 Å². The summed E-state index contributed by atoms with van der Waals surface area (Å²) < 4.78 is 2.90. The number of hydrogen-bond acceptors (Lipinski definition) is 4. The summed E-state index contributed by atoms with van der Waals surface area (Å²) in [6, 6.07) is 5.91. The van der Waals surface area contributed by atoms with Crippen LogP contribution in [0.1, 0.15) is 19.5 Å². The highest BCUT2D eigenvalue weighted by Crippen LogP contribution is 2.27. The van der Waals surface area contributed by atoms with Crippen LogP contribution in [0.2, 0.25) is 0 Å². The van der Waals surface area contributed by atoms with E-state index in [0.717, 1.165) is 40.3 Å². The topological polar surface area (TPSA) is 55.1 Å². The van der Waals surface area contributed by atoms with Gasteiger partial charge in [-0.25, -0.2) is 15.0 Å². The fourth-order valence-electron chi connectivity index (χ4n) is 2.17. The molecule has 0 aliphatic carbocycles. The number of hydrogen-bond donors (Lipinski definition) is 1. The average Bonchev–Trinajstić information content (AvgIpc) is 2.93. The van der Waals surface area contributed by atoms with Crippen molar-refractivity contribution >= 4 is 27.4 Å². The van der Waals surface area contributed by atoms with Crippen LogP contribution in [0, 0.1) is 0 Å². The van der Waals surface area contributed by atoms with Crippen LogP contribution in [0.3, 0.4) is 0 Å². The van der Waals surface area contributed by atoms with E-state index in [2.05, 4.69) is 43.1 Å². The number of halogens is 1. The summed E-state index contributed by atoms with van der Waals surface area (Å²) in [7, 11) is 0. The largest absolute Gasteiger partial charge is 0.369 e. The highest BCUT2D eigenvalue weighted by molar-refractivity contribution is 9.10. The van der Waals surface area contributed by atoms with Crippen LogP contribution in [0.4, 0.5) is 5.82 Å². The van der Waals surface area contributed by atoms with E-state index >= 15 is 0 Å². The SMILES string of the molecule is CCNc1nc(-c2cn3ccccc3n2)nc(CC)c1Br. The van der Waals surface area contributed by atoms with Crippen LogP contribution in [0.25, 0.3) is 17.2 Å². The monoisotopic (exact) mass is 345 g/mol. The predicted molar refractivity (Wildman–Crippen MR) is 87.5 cm³/mol. The molecule has 0 fully saturated rings. The summed E-state index contributed by atoms with van der Waals surface area (Å²) in [6.07, 6.45) is 4.76. The summed E-state index contributed by atoms with van der Waals surface area (Å²) in [6.45, 7) is 4.93. The lowest BCUT2D eigenvalue weighted by molar-refractivity contribution is 0.980. The third-order valence-electron chi connectivity index (χ3n) is 3.19. The number of pyridine rings is 1. The number of nitrogens with zero attached hydrogens (tertiary/aromatic N) is 4. The van der Waals surface area contributed by atoms with Crippen molar-refractivity contribution < 1.29 is 0 Å². The van der Waals surface area contributed by atoms with Crippen LogP contribution in [0.15, 0.2) is 35.1 Å². The molecule has 0 saturated heterocycles. The van der Waals surface area contributed by atoms with Crippen molar-refractivity contribution in [2.75, 3.05) is 11.9 Å². The van der Waals surface area contributed by atoms with Crippen LogP contribution < -0.4 is 5.32 Å². The van der Waals surface area contributed by atoms with Crippen molar-refractivity contribution in [3.8, 4) is 11.5 Å². The summed E-state index contributed by atoms with van der Waals surface area (Å²) in [5.41, 5.74) is 2.65. The fourth-order valence-corrected chi connectivity index (χ4v) is 2.77. The van der Waals surface area contributed by atoms with Crippen molar-refractivity contribution in [2.45, 2.75) is 20.3 Å².